The number of aryl methyl sites for hydroxylation is 1. The molecule has 5 heteroatoms. The Balaban J connectivity index is 2.40. The van der Waals surface area contributed by atoms with Gasteiger partial charge in [-0.05, 0) is 43.2 Å². The summed E-state index contributed by atoms with van der Waals surface area (Å²) in [4.78, 5) is 6.28. The molecule has 0 bridgehead atoms. The number of aliphatic imine (C=N–C) groups is 1. The number of benzene rings is 2. The van der Waals surface area contributed by atoms with E-state index in [1.807, 2.05) is 37.9 Å². The highest BCUT2D eigenvalue weighted by molar-refractivity contribution is 6.33. The van der Waals surface area contributed by atoms with Crippen molar-refractivity contribution in [1.29, 1.82) is 0 Å². The van der Waals surface area contributed by atoms with E-state index in [4.69, 9.17) is 11.6 Å². The number of rotatable bonds is 5. The summed E-state index contributed by atoms with van der Waals surface area (Å²) in [5, 5.41) is 0.416. The highest BCUT2D eigenvalue weighted by atomic mass is 35.5. The Morgan fingerprint density at radius 2 is 1.87 bits per heavy atom. The van der Waals surface area contributed by atoms with Crippen molar-refractivity contribution < 1.29 is 8.78 Å². The lowest BCUT2D eigenvalue weighted by Crippen LogP contribution is -2.14. The van der Waals surface area contributed by atoms with E-state index in [1.165, 1.54) is 18.2 Å². The van der Waals surface area contributed by atoms with Crippen LogP contribution >= 0.6 is 11.6 Å². The molecule has 0 aromatic heterocycles. The molecule has 2 nitrogen and oxygen atoms in total. The summed E-state index contributed by atoms with van der Waals surface area (Å²) in [6, 6.07) is 7.53. The van der Waals surface area contributed by atoms with Gasteiger partial charge in [0.05, 0.1) is 17.0 Å². The molecule has 0 spiro atoms. The third-order valence-corrected chi connectivity index (χ3v) is 4.03. The van der Waals surface area contributed by atoms with Gasteiger partial charge in [-0.15, -0.1) is 0 Å². The Morgan fingerprint density at radius 1 is 1.22 bits per heavy atom. The maximum absolute atomic E-state index is 13.8. The van der Waals surface area contributed by atoms with E-state index in [0.29, 0.717) is 16.3 Å². The van der Waals surface area contributed by atoms with E-state index in [2.05, 4.69) is 4.99 Å². The molecule has 23 heavy (non-hydrogen) atoms. The van der Waals surface area contributed by atoms with Gasteiger partial charge in [-0.1, -0.05) is 23.7 Å². The molecular formula is C18H19ClF2N2. The van der Waals surface area contributed by atoms with Crippen molar-refractivity contribution in [1.82, 2.24) is 4.90 Å². The van der Waals surface area contributed by atoms with Crippen molar-refractivity contribution >= 4 is 23.6 Å². The molecule has 0 aliphatic heterocycles. The number of hydrogen-bond donors (Lipinski definition) is 0. The van der Waals surface area contributed by atoms with E-state index in [9.17, 15) is 8.78 Å². The third kappa shape index (κ3) is 4.29. The Morgan fingerprint density at radius 3 is 2.48 bits per heavy atom. The van der Waals surface area contributed by atoms with Gasteiger partial charge in [0, 0.05) is 25.6 Å². The average Bonchev–Trinajstić information content (AvgIpc) is 2.52. The fourth-order valence-electron chi connectivity index (χ4n) is 2.18. The molecule has 2 aromatic carbocycles. The largest absolute Gasteiger partial charge is 0.366 e. The van der Waals surface area contributed by atoms with Crippen LogP contribution in [-0.4, -0.2) is 24.8 Å². The van der Waals surface area contributed by atoms with E-state index >= 15 is 0 Å². The Kier molecular flexibility index (Phi) is 5.72. The molecule has 122 valence electrons. The van der Waals surface area contributed by atoms with Crippen molar-refractivity contribution in [3.05, 3.63) is 63.7 Å². The first-order valence-corrected chi connectivity index (χ1v) is 7.76. The molecule has 0 amide bonds. The second kappa shape index (κ2) is 7.55. The van der Waals surface area contributed by atoms with Crippen LogP contribution in [0, 0.1) is 18.6 Å². The summed E-state index contributed by atoms with van der Waals surface area (Å²) in [7, 11) is 1.91. The molecule has 0 saturated heterocycles. The van der Waals surface area contributed by atoms with Crippen LogP contribution in [0.1, 0.15) is 23.6 Å². The minimum absolute atomic E-state index is 0.0144. The smallest absolute Gasteiger partial charge is 0.129 e. The molecular weight excluding hydrogens is 318 g/mol. The molecule has 0 aliphatic carbocycles. The van der Waals surface area contributed by atoms with E-state index in [1.54, 1.807) is 6.34 Å². The fourth-order valence-corrected chi connectivity index (χ4v) is 2.40. The van der Waals surface area contributed by atoms with Gasteiger partial charge >= 0.3 is 0 Å². The van der Waals surface area contributed by atoms with Crippen LogP contribution in [0.3, 0.4) is 0 Å². The lowest BCUT2D eigenvalue weighted by Gasteiger charge is -2.12. The fraction of sp³-hybridized carbons (Fsp3) is 0.278. The molecule has 0 N–H and O–H groups in total. The molecule has 0 heterocycles. The maximum atomic E-state index is 13.8. The van der Waals surface area contributed by atoms with Gasteiger partial charge in [-0.2, -0.15) is 0 Å². The van der Waals surface area contributed by atoms with Crippen LogP contribution in [0.25, 0.3) is 0 Å². The van der Waals surface area contributed by atoms with Crippen molar-refractivity contribution in [3.63, 3.8) is 0 Å². The number of nitrogens with zero attached hydrogens (tertiary/aromatic N) is 2. The van der Waals surface area contributed by atoms with Crippen molar-refractivity contribution in [2.75, 3.05) is 13.6 Å². The molecule has 0 fully saturated rings. The van der Waals surface area contributed by atoms with Crippen LogP contribution < -0.4 is 0 Å². The van der Waals surface area contributed by atoms with Gasteiger partial charge in [-0.25, -0.2) is 13.8 Å². The number of hydrogen-bond acceptors (Lipinski definition) is 1. The third-order valence-electron chi connectivity index (χ3n) is 3.59. The summed E-state index contributed by atoms with van der Waals surface area (Å²) in [5.41, 5.74) is 2.20. The van der Waals surface area contributed by atoms with Crippen LogP contribution in [0.2, 0.25) is 5.02 Å². The minimum Gasteiger partial charge on any atom is -0.366 e. The highest BCUT2D eigenvalue weighted by Gasteiger charge is 2.13. The topological polar surface area (TPSA) is 15.6 Å². The molecule has 0 unspecified atom stereocenters. The summed E-state index contributed by atoms with van der Waals surface area (Å²) in [5.74, 6) is -1.14. The molecule has 0 atom stereocenters. The Labute approximate surface area is 140 Å². The maximum Gasteiger partial charge on any atom is 0.129 e. The van der Waals surface area contributed by atoms with E-state index < -0.39 is 11.6 Å². The van der Waals surface area contributed by atoms with Gasteiger partial charge in [0.15, 0.2) is 0 Å². The Bertz CT molecular complexity index is 709. The first-order valence-electron chi connectivity index (χ1n) is 7.38. The summed E-state index contributed by atoms with van der Waals surface area (Å²) >= 11 is 6.38. The summed E-state index contributed by atoms with van der Waals surface area (Å²) in [6.45, 7) is 4.73. The van der Waals surface area contributed by atoms with Gasteiger partial charge in [0.2, 0.25) is 0 Å². The Hall–Kier alpha value is -1.94. The monoisotopic (exact) mass is 336 g/mol. The lowest BCUT2D eigenvalue weighted by molar-refractivity contribution is 0.552. The van der Waals surface area contributed by atoms with Crippen LogP contribution in [-0.2, 0) is 6.42 Å². The first-order chi connectivity index (χ1) is 10.9. The second-order valence-corrected chi connectivity index (χ2v) is 5.83. The molecule has 0 aliphatic rings. The zero-order valence-corrected chi connectivity index (χ0v) is 14.2. The van der Waals surface area contributed by atoms with Gasteiger partial charge in [0.25, 0.3) is 0 Å². The summed E-state index contributed by atoms with van der Waals surface area (Å²) in [6.07, 6.45) is 1.78. The van der Waals surface area contributed by atoms with Crippen molar-refractivity contribution in [3.8, 4) is 0 Å². The van der Waals surface area contributed by atoms with Crippen molar-refractivity contribution in [2.24, 2.45) is 4.99 Å². The molecule has 2 rings (SSSR count). The zero-order chi connectivity index (χ0) is 17.0. The quantitative estimate of drug-likeness (QED) is 0.546. The molecule has 0 saturated carbocycles. The van der Waals surface area contributed by atoms with Crippen LogP contribution in [0.5, 0.6) is 0 Å². The van der Waals surface area contributed by atoms with Gasteiger partial charge in [-0.3, -0.25) is 0 Å². The van der Waals surface area contributed by atoms with Crippen molar-refractivity contribution in [2.45, 2.75) is 20.3 Å². The standard InChI is InChI=1S/C18H19ClF2N2/c1-4-23(3)11-22-17-9-12(2)8-13(18(17)19)10-14-15(20)6-5-7-16(14)21/h5-9,11H,4,10H2,1-3H3/b22-11-. The molecule has 2 aromatic rings. The molecule has 0 radical (unpaired) electrons. The highest BCUT2D eigenvalue weighted by Crippen LogP contribution is 2.32. The lowest BCUT2D eigenvalue weighted by atomic mass is 10.0. The normalized spacial score (nSPS) is 11.2. The van der Waals surface area contributed by atoms with Crippen LogP contribution in [0.15, 0.2) is 35.3 Å². The van der Waals surface area contributed by atoms with Gasteiger partial charge in [0.1, 0.15) is 11.6 Å². The van der Waals surface area contributed by atoms with Gasteiger partial charge < -0.3 is 4.90 Å². The first kappa shape index (κ1) is 17.4. The SMILES string of the molecule is CCN(C)/C=N\c1cc(C)cc(Cc2c(F)cccc2F)c1Cl. The van der Waals surface area contributed by atoms with Crippen LogP contribution in [0.4, 0.5) is 14.5 Å². The minimum atomic E-state index is -0.571. The van der Waals surface area contributed by atoms with E-state index in [-0.39, 0.29) is 12.0 Å². The predicted octanol–water partition coefficient (Wildman–Crippen LogP) is 5.13. The average molecular weight is 337 g/mol. The summed E-state index contributed by atoms with van der Waals surface area (Å²) < 4.78 is 27.7. The second-order valence-electron chi connectivity index (χ2n) is 5.45. The number of halogens is 3. The predicted molar refractivity (Wildman–Crippen MR) is 91.8 cm³/mol. The zero-order valence-electron chi connectivity index (χ0n) is 13.4. The van der Waals surface area contributed by atoms with E-state index in [0.717, 1.165) is 12.1 Å².